The maximum atomic E-state index is 14.1. The number of Topliss-reactive ketones (excluding diaryl/α,β-unsaturated/α-hetero) is 1. The van der Waals surface area contributed by atoms with Gasteiger partial charge in [-0.05, 0) is 54.2 Å². The van der Waals surface area contributed by atoms with E-state index in [9.17, 15) is 14.7 Å². The Morgan fingerprint density at radius 3 is 2.70 bits per heavy atom. The van der Waals surface area contributed by atoms with E-state index in [-0.39, 0.29) is 54.3 Å². The van der Waals surface area contributed by atoms with E-state index in [1.165, 1.54) is 6.42 Å². The lowest BCUT2D eigenvalue weighted by Gasteiger charge is -2.38. The highest BCUT2D eigenvalue weighted by Crippen LogP contribution is 2.58. The van der Waals surface area contributed by atoms with Gasteiger partial charge in [0, 0.05) is 30.6 Å². The van der Waals surface area contributed by atoms with Crippen molar-refractivity contribution in [1.82, 2.24) is 5.32 Å². The van der Waals surface area contributed by atoms with Gasteiger partial charge in [0.2, 0.25) is 5.91 Å². The van der Waals surface area contributed by atoms with E-state index in [4.69, 9.17) is 4.74 Å². The third-order valence-corrected chi connectivity index (χ3v) is 9.19. The van der Waals surface area contributed by atoms with Crippen LogP contribution < -0.4 is 10.1 Å². The molecule has 7 rings (SSSR count). The molecule has 0 aromatic heterocycles. The number of benzene rings is 1. The summed E-state index contributed by atoms with van der Waals surface area (Å²) in [6.07, 6.45) is 10.1. The highest BCUT2D eigenvalue weighted by atomic mass is 16.5. The van der Waals surface area contributed by atoms with Crippen LogP contribution in [0.1, 0.15) is 38.2 Å². The normalized spacial score (nSPS) is 45.7. The molecule has 0 radical (unpaired) electrons. The summed E-state index contributed by atoms with van der Waals surface area (Å²) in [6, 6.07) is 7.87. The maximum absolute atomic E-state index is 14.1. The van der Waals surface area contributed by atoms with Crippen LogP contribution in [-0.4, -0.2) is 28.6 Å². The van der Waals surface area contributed by atoms with E-state index in [0.29, 0.717) is 17.8 Å². The van der Waals surface area contributed by atoms with Crippen molar-refractivity contribution < 1.29 is 19.4 Å². The predicted molar refractivity (Wildman–Crippen MR) is 124 cm³/mol. The van der Waals surface area contributed by atoms with Crippen molar-refractivity contribution in [3.63, 3.8) is 0 Å². The van der Waals surface area contributed by atoms with Crippen molar-refractivity contribution >= 4 is 11.7 Å². The average Bonchev–Trinajstić information content (AvgIpc) is 3.27. The number of ketones is 1. The molecule has 3 fully saturated rings. The Hall–Kier alpha value is -2.40. The quantitative estimate of drug-likeness (QED) is 0.509. The highest BCUT2D eigenvalue weighted by molar-refractivity contribution is 6.04. The number of amides is 1. The molecule has 1 aromatic carbocycles. The van der Waals surface area contributed by atoms with Crippen LogP contribution in [0.2, 0.25) is 0 Å². The molecule has 2 saturated carbocycles. The molecule has 1 saturated heterocycles. The third-order valence-electron chi connectivity index (χ3n) is 9.19. The fourth-order valence-corrected chi connectivity index (χ4v) is 7.76. The Labute approximate surface area is 195 Å². The van der Waals surface area contributed by atoms with Crippen LogP contribution in [0.4, 0.5) is 0 Å². The second kappa shape index (κ2) is 7.56. The lowest BCUT2D eigenvalue weighted by Crippen LogP contribution is -2.45. The van der Waals surface area contributed by atoms with E-state index in [1.807, 2.05) is 30.3 Å². The minimum Gasteiger partial charge on any atom is -0.490 e. The van der Waals surface area contributed by atoms with Crippen molar-refractivity contribution in [3.8, 4) is 5.75 Å². The van der Waals surface area contributed by atoms with Gasteiger partial charge in [-0.1, -0.05) is 43.7 Å². The molecule has 3 unspecified atom stereocenters. The zero-order valence-electron chi connectivity index (χ0n) is 19.2. The van der Waals surface area contributed by atoms with Gasteiger partial charge in [0.25, 0.3) is 0 Å². The smallest absolute Gasteiger partial charge is 0.232 e. The lowest BCUT2D eigenvalue weighted by atomic mass is 9.65. The molecule has 2 N–H and O–H groups in total. The van der Waals surface area contributed by atoms with Gasteiger partial charge < -0.3 is 15.2 Å². The first-order valence-corrected chi connectivity index (χ1v) is 12.5. The number of nitrogens with one attached hydrogen (secondary N) is 1. The Kier molecular flexibility index (Phi) is 4.84. The van der Waals surface area contributed by atoms with Crippen LogP contribution in [0.25, 0.3) is 0 Å². The summed E-state index contributed by atoms with van der Waals surface area (Å²) in [6.45, 7) is 6.36. The van der Waals surface area contributed by atoms with Crippen molar-refractivity contribution in [2.24, 2.45) is 47.3 Å². The zero-order chi connectivity index (χ0) is 22.9. The number of fused-ring (bicyclic) bond motifs is 4. The summed E-state index contributed by atoms with van der Waals surface area (Å²) in [5, 5.41) is 13.9. The van der Waals surface area contributed by atoms with Gasteiger partial charge in [-0.25, -0.2) is 0 Å². The number of ether oxygens (including phenoxy) is 1. The average molecular weight is 448 g/mol. The minimum atomic E-state index is -1.40. The maximum Gasteiger partial charge on any atom is 0.232 e. The van der Waals surface area contributed by atoms with Crippen molar-refractivity contribution in [2.75, 3.05) is 0 Å². The van der Waals surface area contributed by atoms with Crippen LogP contribution in [-0.2, 0) is 16.0 Å². The fourth-order valence-electron chi connectivity index (χ4n) is 7.76. The molecule has 5 nitrogen and oxygen atoms in total. The van der Waals surface area contributed by atoms with Crippen LogP contribution >= 0.6 is 0 Å². The molecule has 3 heterocycles. The summed E-state index contributed by atoms with van der Waals surface area (Å²) >= 11 is 0. The van der Waals surface area contributed by atoms with E-state index >= 15 is 0 Å². The molecule has 10 atom stereocenters. The molecule has 3 aliphatic carbocycles. The number of hydrogen-bond donors (Lipinski definition) is 2. The van der Waals surface area contributed by atoms with E-state index in [0.717, 1.165) is 24.2 Å². The van der Waals surface area contributed by atoms with Crippen LogP contribution in [0.15, 0.2) is 49.1 Å². The lowest BCUT2D eigenvalue weighted by molar-refractivity contribution is -0.137. The van der Waals surface area contributed by atoms with E-state index < -0.39 is 11.6 Å². The first-order chi connectivity index (χ1) is 15.9. The van der Waals surface area contributed by atoms with Gasteiger partial charge in [-0.2, -0.15) is 0 Å². The van der Waals surface area contributed by atoms with E-state index in [1.54, 1.807) is 0 Å². The molecule has 4 bridgehead atoms. The Morgan fingerprint density at radius 2 is 1.94 bits per heavy atom. The van der Waals surface area contributed by atoms with Gasteiger partial charge in [-0.3, -0.25) is 9.59 Å². The van der Waals surface area contributed by atoms with Crippen LogP contribution in [0.5, 0.6) is 5.75 Å². The highest BCUT2D eigenvalue weighted by Gasteiger charge is 2.60. The SMILES string of the molecule is C=C[C@H]1C=CC2C3C[C@H](C)CC[C@H]3[C@@H]3Oc4ccc(cc4)C[C@@]4(O)C[C@H](C(=O)N4)C(=O)[C@@H]1C23. The minimum absolute atomic E-state index is 0.00715. The molecule has 33 heavy (non-hydrogen) atoms. The summed E-state index contributed by atoms with van der Waals surface area (Å²) in [5.74, 6) is 0.910. The number of carbonyl (C=O) groups is 2. The Balaban J connectivity index is 1.49. The van der Waals surface area contributed by atoms with Gasteiger partial charge in [-0.15, -0.1) is 6.58 Å². The fraction of sp³-hybridized carbons (Fsp3) is 0.571. The van der Waals surface area contributed by atoms with Crippen molar-refractivity contribution in [3.05, 3.63) is 54.6 Å². The number of hydrogen-bond acceptors (Lipinski definition) is 4. The summed E-state index contributed by atoms with van der Waals surface area (Å²) < 4.78 is 6.74. The summed E-state index contributed by atoms with van der Waals surface area (Å²) in [5.41, 5.74) is -0.492. The number of carbonyl (C=O) groups excluding carboxylic acids is 2. The molecule has 3 aliphatic heterocycles. The summed E-state index contributed by atoms with van der Waals surface area (Å²) in [4.78, 5) is 27.0. The van der Waals surface area contributed by atoms with Gasteiger partial charge >= 0.3 is 0 Å². The predicted octanol–water partition coefficient (Wildman–Crippen LogP) is 3.67. The van der Waals surface area contributed by atoms with Gasteiger partial charge in [0.15, 0.2) is 0 Å². The number of rotatable bonds is 1. The van der Waals surface area contributed by atoms with Crippen LogP contribution in [0.3, 0.4) is 0 Å². The molecule has 1 aromatic rings. The first-order valence-electron chi connectivity index (χ1n) is 12.5. The standard InChI is InChI=1S/C28H33NO4/c1-3-17-7-11-19-21-12-15(2)4-10-20(21)26-24(19)23(17)25(30)22-14-28(32,29-27(22)31)13-16-5-8-18(33-26)9-6-16/h3,5-9,11,15,17,19-24,26,32H,1,4,10,12-14H2,2H3,(H,29,31)/t15-,17+,19?,20-,21?,22+,23+,24?,26+,28-/m1/s1. The van der Waals surface area contributed by atoms with E-state index in [2.05, 4.69) is 31.0 Å². The molecular formula is C28H33NO4. The summed E-state index contributed by atoms with van der Waals surface area (Å²) in [7, 11) is 0. The topological polar surface area (TPSA) is 75.6 Å². The van der Waals surface area contributed by atoms with Crippen molar-refractivity contribution in [1.29, 1.82) is 0 Å². The zero-order valence-corrected chi connectivity index (χ0v) is 19.2. The second-order valence-electron chi connectivity index (χ2n) is 11.2. The van der Waals surface area contributed by atoms with Gasteiger partial charge in [0.05, 0.1) is 0 Å². The van der Waals surface area contributed by atoms with Crippen LogP contribution in [0, 0.1) is 47.3 Å². The van der Waals surface area contributed by atoms with Crippen molar-refractivity contribution in [2.45, 2.75) is 50.9 Å². The van der Waals surface area contributed by atoms with Gasteiger partial charge in [0.1, 0.15) is 29.3 Å². The Bertz CT molecular complexity index is 1020. The molecular weight excluding hydrogens is 414 g/mol. The molecule has 6 aliphatic rings. The molecule has 174 valence electrons. The molecule has 0 spiro atoms. The second-order valence-corrected chi connectivity index (χ2v) is 11.2. The number of allylic oxidation sites excluding steroid dienone is 3. The monoisotopic (exact) mass is 447 g/mol. The number of aliphatic hydroxyl groups is 1. The molecule has 1 amide bonds. The Morgan fingerprint density at radius 1 is 1.15 bits per heavy atom. The molecule has 5 heteroatoms. The largest absolute Gasteiger partial charge is 0.490 e. The third kappa shape index (κ3) is 3.30. The first kappa shape index (κ1) is 21.2.